The van der Waals surface area contributed by atoms with Crippen LogP contribution in [0.25, 0.3) is 0 Å². The molecule has 0 aromatic carbocycles. The molecule has 0 bridgehead atoms. The van der Waals surface area contributed by atoms with Crippen molar-refractivity contribution in [3.63, 3.8) is 0 Å². The standard InChI is InChI=1S/C11H17N5S/c1-3-5-16-6-4-13-11(16)7-9(12-2)10-8-14-17-15-10/h4,6,8-9,12H,3,5,7H2,1-2H3. The number of rotatable bonds is 6. The van der Waals surface area contributed by atoms with Crippen molar-refractivity contribution in [2.45, 2.75) is 32.4 Å². The van der Waals surface area contributed by atoms with Gasteiger partial charge in [0.25, 0.3) is 0 Å². The lowest BCUT2D eigenvalue weighted by atomic mass is 10.1. The van der Waals surface area contributed by atoms with E-state index in [0.29, 0.717) is 0 Å². The first-order chi connectivity index (χ1) is 8.35. The Balaban J connectivity index is 2.10. The van der Waals surface area contributed by atoms with Gasteiger partial charge >= 0.3 is 0 Å². The lowest BCUT2D eigenvalue weighted by Gasteiger charge is -2.14. The maximum absolute atomic E-state index is 4.41. The highest BCUT2D eigenvalue weighted by Gasteiger charge is 2.15. The van der Waals surface area contributed by atoms with Crippen LogP contribution in [0.5, 0.6) is 0 Å². The summed E-state index contributed by atoms with van der Waals surface area (Å²) in [6, 6.07) is 0.187. The van der Waals surface area contributed by atoms with E-state index in [4.69, 9.17) is 0 Å². The number of nitrogens with one attached hydrogen (secondary N) is 1. The van der Waals surface area contributed by atoms with Crippen LogP contribution in [0.15, 0.2) is 18.6 Å². The molecule has 0 amide bonds. The van der Waals surface area contributed by atoms with E-state index in [1.165, 1.54) is 11.7 Å². The van der Waals surface area contributed by atoms with Crippen molar-refractivity contribution in [1.29, 1.82) is 0 Å². The second-order valence-corrected chi connectivity index (χ2v) is 4.47. The van der Waals surface area contributed by atoms with Gasteiger partial charge in [-0.25, -0.2) is 4.98 Å². The summed E-state index contributed by atoms with van der Waals surface area (Å²) in [5.41, 5.74) is 0.989. The zero-order valence-electron chi connectivity index (χ0n) is 10.1. The van der Waals surface area contributed by atoms with Crippen LogP contribution in [0, 0.1) is 0 Å². The molecular weight excluding hydrogens is 234 g/mol. The number of likely N-dealkylation sites (N-methyl/N-ethyl adjacent to an activating group) is 1. The Labute approximate surface area is 105 Å². The molecular formula is C11H17N5S. The first kappa shape index (κ1) is 12.2. The third-order valence-corrected chi connectivity index (χ3v) is 3.23. The number of imidazole rings is 1. The van der Waals surface area contributed by atoms with E-state index in [2.05, 4.69) is 30.5 Å². The molecule has 1 unspecified atom stereocenters. The van der Waals surface area contributed by atoms with E-state index in [1.807, 2.05) is 25.6 Å². The predicted molar refractivity (Wildman–Crippen MR) is 67.9 cm³/mol. The molecule has 0 fully saturated rings. The van der Waals surface area contributed by atoms with Gasteiger partial charge in [-0.15, -0.1) is 0 Å². The Morgan fingerprint density at radius 3 is 3.06 bits per heavy atom. The number of nitrogens with zero attached hydrogens (tertiary/aromatic N) is 4. The normalized spacial score (nSPS) is 12.8. The molecule has 0 spiro atoms. The summed E-state index contributed by atoms with van der Waals surface area (Å²) in [6.07, 6.45) is 7.67. The van der Waals surface area contributed by atoms with Crippen LogP contribution >= 0.6 is 11.7 Å². The van der Waals surface area contributed by atoms with Crippen LogP contribution in [0.4, 0.5) is 0 Å². The SMILES string of the molecule is CCCn1ccnc1CC(NC)c1cnsn1. The van der Waals surface area contributed by atoms with Crippen molar-refractivity contribution in [2.75, 3.05) is 7.05 Å². The lowest BCUT2D eigenvalue weighted by Crippen LogP contribution is -2.21. The van der Waals surface area contributed by atoms with Crippen molar-refractivity contribution < 1.29 is 0 Å². The van der Waals surface area contributed by atoms with Crippen molar-refractivity contribution in [3.8, 4) is 0 Å². The Morgan fingerprint density at radius 2 is 2.41 bits per heavy atom. The summed E-state index contributed by atoms with van der Waals surface area (Å²) < 4.78 is 10.5. The fraction of sp³-hybridized carbons (Fsp3) is 0.545. The van der Waals surface area contributed by atoms with E-state index >= 15 is 0 Å². The molecule has 92 valence electrons. The summed E-state index contributed by atoms with van der Waals surface area (Å²) in [6.45, 7) is 3.19. The summed E-state index contributed by atoms with van der Waals surface area (Å²) in [5, 5.41) is 3.26. The van der Waals surface area contributed by atoms with Crippen LogP contribution in [-0.4, -0.2) is 25.3 Å². The van der Waals surface area contributed by atoms with Gasteiger partial charge in [0.2, 0.25) is 0 Å². The van der Waals surface area contributed by atoms with Crippen molar-refractivity contribution in [1.82, 2.24) is 23.6 Å². The number of aryl methyl sites for hydroxylation is 1. The molecule has 2 heterocycles. The molecule has 1 atom stereocenters. The fourth-order valence-corrected chi connectivity index (χ4v) is 2.31. The first-order valence-corrected chi connectivity index (χ1v) is 6.53. The Bertz CT molecular complexity index is 436. The van der Waals surface area contributed by atoms with E-state index in [-0.39, 0.29) is 6.04 Å². The van der Waals surface area contributed by atoms with Gasteiger partial charge in [0.05, 0.1) is 29.7 Å². The molecule has 0 aliphatic rings. The summed E-state index contributed by atoms with van der Waals surface area (Å²) in [7, 11) is 1.94. The second kappa shape index (κ2) is 5.88. The van der Waals surface area contributed by atoms with E-state index in [9.17, 15) is 0 Å². The van der Waals surface area contributed by atoms with Crippen molar-refractivity contribution in [2.24, 2.45) is 0 Å². The second-order valence-electron chi connectivity index (χ2n) is 3.91. The van der Waals surface area contributed by atoms with Crippen LogP contribution in [0.1, 0.15) is 30.9 Å². The summed E-state index contributed by atoms with van der Waals surface area (Å²) in [5.74, 6) is 1.10. The minimum absolute atomic E-state index is 0.187. The summed E-state index contributed by atoms with van der Waals surface area (Å²) >= 11 is 1.24. The van der Waals surface area contributed by atoms with Gasteiger partial charge in [0.15, 0.2) is 0 Å². The van der Waals surface area contributed by atoms with Gasteiger partial charge in [-0.05, 0) is 13.5 Å². The van der Waals surface area contributed by atoms with Gasteiger partial charge in [-0.2, -0.15) is 8.75 Å². The minimum atomic E-state index is 0.187. The van der Waals surface area contributed by atoms with Crippen LogP contribution in [0.3, 0.4) is 0 Å². The van der Waals surface area contributed by atoms with Crippen LogP contribution < -0.4 is 5.32 Å². The molecule has 5 nitrogen and oxygen atoms in total. The quantitative estimate of drug-likeness (QED) is 0.848. The van der Waals surface area contributed by atoms with Gasteiger partial charge in [-0.1, -0.05) is 6.92 Å². The average molecular weight is 251 g/mol. The highest BCUT2D eigenvalue weighted by Crippen LogP contribution is 2.15. The molecule has 2 aromatic rings. The molecule has 17 heavy (non-hydrogen) atoms. The van der Waals surface area contributed by atoms with E-state index in [0.717, 1.165) is 30.9 Å². The highest BCUT2D eigenvalue weighted by atomic mass is 32.1. The zero-order chi connectivity index (χ0) is 12.1. The topological polar surface area (TPSA) is 55.6 Å². The minimum Gasteiger partial charge on any atom is -0.335 e. The monoisotopic (exact) mass is 251 g/mol. The highest BCUT2D eigenvalue weighted by molar-refractivity contribution is 6.99. The smallest absolute Gasteiger partial charge is 0.110 e. The third-order valence-electron chi connectivity index (χ3n) is 2.74. The predicted octanol–water partition coefficient (Wildman–Crippen LogP) is 1.65. The maximum Gasteiger partial charge on any atom is 0.110 e. The molecule has 0 aliphatic carbocycles. The third kappa shape index (κ3) is 2.89. The average Bonchev–Trinajstić information content (AvgIpc) is 2.97. The Kier molecular flexibility index (Phi) is 4.22. The molecule has 0 radical (unpaired) electrons. The fourth-order valence-electron chi connectivity index (χ4n) is 1.84. The lowest BCUT2D eigenvalue weighted by molar-refractivity contribution is 0.535. The van der Waals surface area contributed by atoms with Crippen molar-refractivity contribution >= 4 is 11.7 Å². The van der Waals surface area contributed by atoms with Gasteiger partial charge in [0.1, 0.15) is 5.82 Å². The number of hydrogen-bond donors (Lipinski definition) is 1. The Hall–Kier alpha value is -1.27. The van der Waals surface area contributed by atoms with Crippen LogP contribution in [0.2, 0.25) is 0 Å². The maximum atomic E-state index is 4.41. The molecule has 6 heteroatoms. The first-order valence-electron chi connectivity index (χ1n) is 5.80. The zero-order valence-corrected chi connectivity index (χ0v) is 10.9. The van der Waals surface area contributed by atoms with Gasteiger partial charge < -0.3 is 9.88 Å². The molecule has 0 saturated heterocycles. The van der Waals surface area contributed by atoms with Crippen molar-refractivity contribution in [3.05, 3.63) is 30.1 Å². The summed E-state index contributed by atoms with van der Waals surface area (Å²) in [4.78, 5) is 4.41. The molecule has 2 aromatic heterocycles. The van der Waals surface area contributed by atoms with E-state index < -0.39 is 0 Å². The molecule has 0 aliphatic heterocycles. The molecule has 1 N–H and O–H groups in total. The van der Waals surface area contributed by atoms with Gasteiger partial charge in [0, 0.05) is 25.4 Å². The van der Waals surface area contributed by atoms with Crippen LogP contribution in [-0.2, 0) is 13.0 Å². The largest absolute Gasteiger partial charge is 0.335 e. The van der Waals surface area contributed by atoms with E-state index in [1.54, 1.807) is 0 Å². The molecule has 2 rings (SSSR count). The molecule has 0 saturated carbocycles. The van der Waals surface area contributed by atoms with Gasteiger partial charge in [-0.3, -0.25) is 0 Å². The number of aromatic nitrogens is 4. The Morgan fingerprint density at radius 1 is 1.53 bits per heavy atom. The number of hydrogen-bond acceptors (Lipinski definition) is 5.